The molecule has 0 unspecified atom stereocenters. The second-order valence-electron chi connectivity index (χ2n) is 4.79. The summed E-state index contributed by atoms with van der Waals surface area (Å²) in [6, 6.07) is 10.8. The zero-order chi connectivity index (χ0) is 18.0. The highest BCUT2D eigenvalue weighted by Crippen LogP contribution is 2.43. The van der Waals surface area contributed by atoms with Crippen LogP contribution in [0, 0.1) is 0 Å². The zero-order valence-electron chi connectivity index (χ0n) is 12.3. The van der Waals surface area contributed by atoms with Crippen molar-refractivity contribution < 1.29 is 30.7 Å². The fourth-order valence-electron chi connectivity index (χ4n) is 1.86. The number of para-hydroxylation sites is 1. The van der Waals surface area contributed by atoms with Crippen LogP contribution in [0.15, 0.2) is 59.5 Å². The van der Waals surface area contributed by atoms with E-state index in [1.807, 2.05) is 0 Å². The van der Waals surface area contributed by atoms with Crippen LogP contribution in [0.25, 0.3) is 0 Å². The SMILES string of the molecule is COC(F)(F)C(F)(F)c1ccc(S(=O)(=O)Nc2ccccc2)cc1. The molecule has 2 aromatic rings. The van der Waals surface area contributed by atoms with Crippen molar-refractivity contribution in [2.75, 3.05) is 11.8 Å². The number of hydrogen-bond donors (Lipinski definition) is 1. The van der Waals surface area contributed by atoms with Gasteiger partial charge in [0, 0.05) is 18.4 Å². The van der Waals surface area contributed by atoms with Gasteiger partial charge in [0.25, 0.3) is 10.0 Å². The summed E-state index contributed by atoms with van der Waals surface area (Å²) in [4.78, 5) is -0.341. The molecule has 24 heavy (non-hydrogen) atoms. The highest BCUT2D eigenvalue weighted by atomic mass is 32.2. The van der Waals surface area contributed by atoms with E-state index in [0.29, 0.717) is 19.2 Å². The van der Waals surface area contributed by atoms with Crippen molar-refractivity contribution in [3.05, 3.63) is 60.2 Å². The summed E-state index contributed by atoms with van der Waals surface area (Å²) >= 11 is 0. The molecule has 0 amide bonds. The van der Waals surface area contributed by atoms with Crippen molar-refractivity contribution >= 4 is 15.7 Å². The maximum absolute atomic E-state index is 13.7. The summed E-state index contributed by atoms with van der Waals surface area (Å²) in [7, 11) is -3.58. The Balaban J connectivity index is 2.29. The first-order valence-electron chi connectivity index (χ1n) is 6.59. The molecular formula is C15H13F4NO3S. The number of alkyl halides is 4. The van der Waals surface area contributed by atoms with Gasteiger partial charge >= 0.3 is 12.0 Å². The fourth-order valence-corrected chi connectivity index (χ4v) is 2.92. The Labute approximate surface area is 136 Å². The van der Waals surface area contributed by atoms with Gasteiger partial charge in [0.2, 0.25) is 0 Å². The van der Waals surface area contributed by atoms with Gasteiger partial charge in [-0.2, -0.15) is 17.6 Å². The highest BCUT2D eigenvalue weighted by Gasteiger charge is 2.58. The molecule has 9 heteroatoms. The number of anilines is 1. The zero-order valence-corrected chi connectivity index (χ0v) is 13.2. The summed E-state index contributed by atoms with van der Waals surface area (Å²) in [5.74, 6) is -4.60. The molecule has 0 heterocycles. The Hall–Kier alpha value is -2.13. The predicted octanol–water partition coefficient (Wildman–Crippen LogP) is 3.82. The van der Waals surface area contributed by atoms with Crippen LogP contribution in [-0.2, 0) is 20.7 Å². The van der Waals surface area contributed by atoms with Crippen LogP contribution < -0.4 is 4.72 Å². The molecule has 0 saturated carbocycles. The molecule has 1 N–H and O–H groups in total. The molecule has 2 aromatic carbocycles. The third-order valence-electron chi connectivity index (χ3n) is 3.18. The molecule has 0 fully saturated rings. The van der Waals surface area contributed by atoms with Crippen LogP contribution >= 0.6 is 0 Å². The van der Waals surface area contributed by atoms with Gasteiger partial charge in [0.15, 0.2) is 0 Å². The summed E-state index contributed by atoms with van der Waals surface area (Å²) in [5.41, 5.74) is -0.786. The quantitative estimate of drug-likeness (QED) is 0.794. The van der Waals surface area contributed by atoms with E-state index < -0.39 is 27.6 Å². The molecule has 0 spiro atoms. The lowest BCUT2D eigenvalue weighted by Gasteiger charge is -2.25. The van der Waals surface area contributed by atoms with Crippen LogP contribution in [0.2, 0.25) is 0 Å². The van der Waals surface area contributed by atoms with Gasteiger partial charge in [-0.25, -0.2) is 8.42 Å². The minimum atomic E-state index is -4.71. The molecule has 0 saturated heterocycles. The van der Waals surface area contributed by atoms with Gasteiger partial charge in [-0.1, -0.05) is 30.3 Å². The lowest BCUT2D eigenvalue weighted by Crippen LogP contribution is -2.39. The summed E-state index contributed by atoms with van der Waals surface area (Å²) in [6.07, 6.45) is -4.71. The first-order valence-corrected chi connectivity index (χ1v) is 8.08. The molecule has 0 aliphatic rings. The Bertz CT molecular complexity index is 793. The Kier molecular flexibility index (Phi) is 4.86. The van der Waals surface area contributed by atoms with Gasteiger partial charge in [0.05, 0.1) is 4.90 Å². The smallest absolute Gasteiger partial charge is 0.319 e. The summed E-state index contributed by atoms with van der Waals surface area (Å²) in [6.45, 7) is 0. The van der Waals surface area contributed by atoms with E-state index in [9.17, 15) is 26.0 Å². The molecule has 0 atom stereocenters. The molecule has 0 aliphatic heterocycles. The summed E-state index contributed by atoms with van der Waals surface area (Å²) in [5, 5.41) is 0. The van der Waals surface area contributed by atoms with Crippen LogP contribution in [0.3, 0.4) is 0 Å². The van der Waals surface area contributed by atoms with Crippen molar-refractivity contribution in [2.45, 2.75) is 16.9 Å². The molecule has 0 aliphatic carbocycles. The van der Waals surface area contributed by atoms with Crippen LogP contribution in [0.1, 0.15) is 5.56 Å². The summed E-state index contributed by atoms with van der Waals surface area (Å²) < 4.78 is 83.7. The van der Waals surface area contributed by atoms with Crippen LogP contribution in [-0.4, -0.2) is 21.6 Å². The lowest BCUT2D eigenvalue weighted by molar-refractivity contribution is -0.344. The average Bonchev–Trinajstić information content (AvgIpc) is 2.55. The van der Waals surface area contributed by atoms with Crippen molar-refractivity contribution in [1.82, 2.24) is 0 Å². The van der Waals surface area contributed by atoms with Gasteiger partial charge in [0.1, 0.15) is 0 Å². The number of ether oxygens (including phenoxy) is 1. The second kappa shape index (κ2) is 6.40. The predicted molar refractivity (Wildman–Crippen MR) is 79.5 cm³/mol. The fraction of sp³-hybridized carbons (Fsp3) is 0.200. The first-order chi connectivity index (χ1) is 11.1. The topological polar surface area (TPSA) is 55.4 Å². The van der Waals surface area contributed by atoms with E-state index >= 15 is 0 Å². The Morgan fingerprint density at radius 2 is 1.46 bits per heavy atom. The molecule has 0 radical (unpaired) electrons. The van der Waals surface area contributed by atoms with Crippen molar-refractivity contribution in [2.24, 2.45) is 0 Å². The number of hydrogen-bond acceptors (Lipinski definition) is 3. The number of methoxy groups -OCH3 is 1. The van der Waals surface area contributed by atoms with Gasteiger partial charge in [-0.05, 0) is 24.3 Å². The van der Waals surface area contributed by atoms with E-state index in [-0.39, 0.29) is 10.6 Å². The normalized spacial score (nSPS) is 12.9. The maximum atomic E-state index is 13.7. The number of rotatable bonds is 6. The van der Waals surface area contributed by atoms with Gasteiger partial charge in [-0.3, -0.25) is 4.72 Å². The molecule has 130 valence electrons. The third-order valence-corrected chi connectivity index (χ3v) is 4.57. The van der Waals surface area contributed by atoms with Gasteiger partial charge in [-0.15, -0.1) is 0 Å². The Morgan fingerprint density at radius 3 is 1.96 bits per heavy atom. The monoisotopic (exact) mass is 363 g/mol. The van der Waals surface area contributed by atoms with Crippen molar-refractivity contribution in [1.29, 1.82) is 0 Å². The number of nitrogens with one attached hydrogen (secondary N) is 1. The van der Waals surface area contributed by atoms with E-state index in [1.54, 1.807) is 18.2 Å². The second-order valence-corrected chi connectivity index (χ2v) is 6.47. The van der Waals surface area contributed by atoms with Crippen molar-refractivity contribution in [3.8, 4) is 0 Å². The average molecular weight is 363 g/mol. The Morgan fingerprint density at radius 1 is 0.917 bits per heavy atom. The first kappa shape index (κ1) is 18.2. The van der Waals surface area contributed by atoms with E-state index in [4.69, 9.17) is 0 Å². The minimum absolute atomic E-state index is 0.276. The largest absolute Gasteiger partial charge is 0.423 e. The van der Waals surface area contributed by atoms with E-state index in [2.05, 4.69) is 9.46 Å². The molecule has 2 rings (SSSR count). The van der Waals surface area contributed by atoms with Crippen LogP contribution in [0.4, 0.5) is 23.2 Å². The molecule has 0 bridgehead atoms. The number of benzene rings is 2. The molecular weight excluding hydrogens is 350 g/mol. The standard InChI is InChI=1S/C15H13F4NO3S/c1-23-15(18,19)14(16,17)11-7-9-13(10-8-11)24(21,22)20-12-5-3-2-4-6-12/h2-10,20H,1H3. The van der Waals surface area contributed by atoms with E-state index in [1.165, 1.54) is 12.1 Å². The lowest BCUT2D eigenvalue weighted by atomic mass is 10.1. The highest BCUT2D eigenvalue weighted by molar-refractivity contribution is 7.92. The maximum Gasteiger partial charge on any atom is 0.423 e. The third kappa shape index (κ3) is 3.51. The van der Waals surface area contributed by atoms with E-state index in [0.717, 1.165) is 12.1 Å². The molecule has 4 nitrogen and oxygen atoms in total. The van der Waals surface area contributed by atoms with Crippen molar-refractivity contribution in [3.63, 3.8) is 0 Å². The number of halogens is 4. The van der Waals surface area contributed by atoms with Crippen LogP contribution in [0.5, 0.6) is 0 Å². The molecule has 0 aromatic heterocycles. The minimum Gasteiger partial charge on any atom is -0.319 e. The number of sulfonamides is 1. The van der Waals surface area contributed by atoms with Gasteiger partial charge < -0.3 is 4.74 Å².